The zero-order valence-electron chi connectivity index (χ0n) is 14.3. The average Bonchev–Trinajstić information content (AvgIpc) is 3.10. The van der Waals surface area contributed by atoms with Crippen LogP contribution in [-0.4, -0.2) is 39.7 Å². The summed E-state index contributed by atoms with van der Waals surface area (Å²) in [4.78, 5) is 27.2. The highest BCUT2D eigenvalue weighted by Crippen LogP contribution is 2.27. The van der Waals surface area contributed by atoms with Crippen LogP contribution in [0.3, 0.4) is 0 Å². The summed E-state index contributed by atoms with van der Waals surface area (Å²) >= 11 is 0. The number of methoxy groups -OCH3 is 1. The molecule has 2 aliphatic heterocycles. The lowest BCUT2D eigenvalue weighted by atomic mass is 9.93. The first-order valence-corrected chi connectivity index (χ1v) is 8.69. The van der Waals surface area contributed by atoms with Gasteiger partial charge in [0.1, 0.15) is 6.04 Å². The minimum atomic E-state index is -0.591. The lowest BCUT2D eigenvalue weighted by molar-refractivity contribution is -0.146. The number of aromatic nitrogens is 2. The Morgan fingerprint density at radius 2 is 2.00 bits per heavy atom. The molecule has 2 aromatic rings. The fraction of sp³-hybridized carbons (Fsp3) is 0.421. The first kappa shape index (κ1) is 15.9. The molecule has 1 aromatic carbocycles. The maximum atomic E-state index is 13.2. The number of carbonyl (C=O) groups excluding carboxylic acids is 2. The summed E-state index contributed by atoms with van der Waals surface area (Å²) in [6.45, 7) is 1.27. The molecule has 3 heterocycles. The molecule has 1 amide bonds. The highest BCUT2D eigenvalue weighted by molar-refractivity contribution is 5.98. The maximum Gasteiger partial charge on any atom is 0.328 e. The quantitative estimate of drug-likeness (QED) is 0.785. The molecular formula is C19H21N3O3. The van der Waals surface area contributed by atoms with E-state index in [-0.39, 0.29) is 11.9 Å². The molecule has 4 rings (SSSR count). The molecule has 25 heavy (non-hydrogen) atoms. The average molecular weight is 339 g/mol. The van der Waals surface area contributed by atoms with Crippen LogP contribution in [0, 0.1) is 0 Å². The van der Waals surface area contributed by atoms with Crippen LogP contribution in [0.15, 0.2) is 30.5 Å². The Kier molecular flexibility index (Phi) is 4.03. The Bertz CT molecular complexity index is 827. The van der Waals surface area contributed by atoms with Gasteiger partial charge in [-0.3, -0.25) is 9.48 Å². The van der Waals surface area contributed by atoms with E-state index in [9.17, 15) is 9.59 Å². The Morgan fingerprint density at radius 3 is 2.80 bits per heavy atom. The molecular weight excluding hydrogens is 318 g/mol. The molecule has 0 N–H and O–H groups in total. The third-order valence-corrected chi connectivity index (χ3v) is 5.20. The van der Waals surface area contributed by atoms with E-state index in [1.165, 1.54) is 7.11 Å². The molecule has 0 fully saturated rings. The SMILES string of the molecule is COC(=O)[C@@H]1Cc2ccccc2CN1C(=O)c1cnn2c1CCCC2. The highest BCUT2D eigenvalue weighted by atomic mass is 16.5. The number of hydrogen-bond donors (Lipinski definition) is 0. The summed E-state index contributed by atoms with van der Waals surface area (Å²) in [5.41, 5.74) is 3.78. The number of hydrogen-bond acceptors (Lipinski definition) is 4. The molecule has 1 atom stereocenters. The Balaban J connectivity index is 1.70. The smallest absolute Gasteiger partial charge is 0.328 e. The lowest BCUT2D eigenvalue weighted by Gasteiger charge is -2.35. The molecule has 1 aromatic heterocycles. The van der Waals surface area contributed by atoms with Crippen LogP contribution in [0.5, 0.6) is 0 Å². The Hall–Kier alpha value is -2.63. The molecule has 0 spiro atoms. The lowest BCUT2D eigenvalue weighted by Crippen LogP contribution is -2.49. The minimum absolute atomic E-state index is 0.131. The van der Waals surface area contributed by atoms with Gasteiger partial charge in [-0.05, 0) is 30.4 Å². The van der Waals surface area contributed by atoms with Crippen molar-refractivity contribution in [1.82, 2.24) is 14.7 Å². The Labute approximate surface area is 146 Å². The number of fused-ring (bicyclic) bond motifs is 2. The van der Waals surface area contributed by atoms with Crippen LogP contribution >= 0.6 is 0 Å². The van der Waals surface area contributed by atoms with Gasteiger partial charge in [0, 0.05) is 19.5 Å². The Morgan fingerprint density at radius 1 is 1.20 bits per heavy atom. The largest absolute Gasteiger partial charge is 0.467 e. The van der Waals surface area contributed by atoms with Gasteiger partial charge in [-0.2, -0.15) is 5.10 Å². The minimum Gasteiger partial charge on any atom is -0.467 e. The van der Waals surface area contributed by atoms with E-state index >= 15 is 0 Å². The molecule has 6 nitrogen and oxygen atoms in total. The van der Waals surface area contributed by atoms with E-state index in [0.29, 0.717) is 18.5 Å². The summed E-state index contributed by atoms with van der Waals surface area (Å²) < 4.78 is 6.88. The van der Waals surface area contributed by atoms with Crippen LogP contribution in [-0.2, 0) is 35.5 Å². The second-order valence-electron chi connectivity index (χ2n) is 6.63. The maximum absolute atomic E-state index is 13.2. The van der Waals surface area contributed by atoms with Crippen molar-refractivity contribution in [3.8, 4) is 0 Å². The molecule has 0 aliphatic carbocycles. The second kappa shape index (κ2) is 6.35. The fourth-order valence-electron chi connectivity index (χ4n) is 3.84. The molecule has 6 heteroatoms. The highest BCUT2D eigenvalue weighted by Gasteiger charge is 2.37. The molecule has 0 saturated carbocycles. The van der Waals surface area contributed by atoms with Crippen LogP contribution in [0.25, 0.3) is 0 Å². The number of ether oxygens (including phenoxy) is 1. The van der Waals surface area contributed by atoms with Gasteiger partial charge in [-0.25, -0.2) is 4.79 Å². The summed E-state index contributed by atoms with van der Waals surface area (Å²) in [5, 5.41) is 4.36. The first-order valence-electron chi connectivity index (χ1n) is 8.69. The van der Waals surface area contributed by atoms with Gasteiger partial charge in [-0.1, -0.05) is 24.3 Å². The third-order valence-electron chi connectivity index (χ3n) is 5.20. The van der Waals surface area contributed by atoms with E-state index < -0.39 is 6.04 Å². The molecule has 0 saturated heterocycles. The van der Waals surface area contributed by atoms with E-state index in [1.807, 2.05) is 28.9 Å². The van der Waals surface area contributed by atoms with Gasteiger partial charge in [0.2, 0.25) is 0 Å². The van der Waals surface area contributed by atoms with Crippen LogP contribution in [0.4, 0.5) is 0 Å². The fourth-order valence-corrected chi connectivity index (χ4v) is 3.84. The zero-order chi connectivity index (χ0) is 17.4. The van der Waals surface area contributed by atoms with Crippen molar-refractivity contribution in [2.45, 2.75) is 44.8 Å². The number of carbonyl (C=O) groups is 2. The second-order valence-corrected chi connectivity index (χ2v) is 6.63. The number of amides is 1. The van der Waals surface area contributed by atoms with Gasteiger partial charge >= 0.3 is 5.97 Å². The van der Waals surface area contributed by atoms with Crippen molar-refractivity contribution in [1.29, 1.82) is 0 Å². The third kappa shape index (κ3) is 2.71. The number of nitrogens with zero attached hydrogens (tertiary/aromatic N) is 3. The zero-order valence-corrected chi connectivity index (χ0v) is 14.3. The van der Waals surface area contributed by atoms with E-state index in [2.05, 4.69) is 5.10 Å². The number of esters is 1. The normalized spacial score (nSPS) is 19.1. The van der Waals surface area contributed by atoms with E-state index in [0.717, 1.165) is 42.6 Å². The van der Waals surface area contributed by atoms with Crippen molar-refractivity contribution in [3.63, 3.8) is 0 Å². The summed E-state index contributed by atoms with van der Waals surface area (Å²) in [6, 6.07) is 7.35. The summed E-state index contributed by atoms with van der Waals surface area (Å²) in [5.74, 6) is -0.503. The summed E-state index contributed by atoms with van der Waals surface area (Å²) in [6.07, 6.45) is 5.14. The number of rotatable bonds is 2. The van der Waals surface area contributed by atoms with Gasteiger partial charge in [-0.15, -0.1) is 0 Å². The predicted molar refractivity (Wildman–Crippen MR) is 91.0 cm³/mol. The van der Waals surface area contributed by atoms with Crippen molar-refractivity contribution >= 4 is 11.9 Å². The molecule has 0 radical (unpaired) electrons. The monoisotopic (exact) mass is 339 g/mol. The van der Waals surface area contributed by atoms with Gasteiger partial charge in [0.05, 0.1) is 24.6 Å². The summed E-state index contributed by atoms with van der Waals surface area (Å²) in [7, 11) is 1.37. The van der Waals surface area contributed by atoms with E-state index in [4.69, 9.17) is 4.74 Å². The van der Waals surface area contributed by atoms with Gasteiger partial charge in [0.15, 0.2) is 0 Å². The van der Waals surface area contributed by atoms with Crippen molar-refractivity contribution < 1.29 is 14.3 Å². The first-order chi connectivity index (χ1) is 12.2. The number of aryl methyl sites for hydroxylation is 1. The standard InChI is InChI=1S/C19H21N3O3/c1-25-19(24)17-10-13-6-2-3-7-14(13)12-21(17)18(23)15-11-20-22-9-5-4-8-16(15)22/h2-3,6-7,11,17H,4-5,8-10,12H2,1H3/t17-/m0/s1. The van der Waals surface area contributed by atoms with Crippen molar-refractivity contribution in [2.75, 3.05) is 7.11 Å². The van der Waals surface area contributed by atoms with Crippen molar-refractivity contribution in [2.24, 2.45) is 0 Å². The molecule has 130 valence electrons. The molecule has 0 bridgehead atoms. The van der Waals surface area contributed by atoms with Crippen LogP contribution < -0.4 is 0 Å². The van der Waals surface area contributed by atoms with Crippen molar-refractivity contribution in [3.05, 3.63) is 52.8 Å². The van der Waals surface area contributed by atoms with Crippen LogP contribution in [0.1, 0.15) is 40.0 Å². The van der Waals surface area contributed by atoms with E-state index in [1.54, 1.807) is 11.1 Å². The molecule has 2 aliphatic rings. The van der Waals surface area contributed by atoms with Gasteiger partial charge in [0.25, 0.3) is 5.91 Å². The topological polar surface area (TPSA) is 64.4 Å². The molecule has 0 unspecified atom stereocenters. The van der Waals surface area contributed by atoms with Crippen LogP contribution in [0.2, 0.25) is 0 Å². The predicted octanol–water partition coefficient (Wildman–Crippen LogP) is 1.96. The van der Waals surface area contributed by atoms with Gasteiger partial charge < -0.3 is 9.64 Å². The number of benzene rings is 1.